The lowest BCUT2D eigenvalue weighted by atomic mass is 9.85. The Hall–Kier alpha value is -2.50. The van der Waals surface area contributed by atoms with E-state index >= 15 is 0 Å². The summed E-state index contributed by atoms with van der Waals surface area (Å²) in [5, 5.41) is 8.55. The Bertz CT molecular complexity index is 578. The van der Waals surface area contributed by atoms with Crippen molar-refractivity contribution in [3.05, 3.63) is 42.5 Å². The summed E-state index contributed by atoms with van der Waals surface area (Å²) in [6, 6.07) is 7.56. The van der Waals surface area contributed by atoms with Gasteiger partial charge < -0.3 is 20.7 Å². The molecule has 0 bridgehead atoms. The Kier molecular flexibility index (Phi) is 7.32. The molecule has 1 aromatic rings. The number of hydrogen-bond donors (Lipinski definition) is 3. The maximum Gasteiger partial charge on any atom is 0.315 e. The van der Waals surface area contributed by atoms with Crippen LogP contribution in [0.2, 0.25) is 0 Å². The fraction of sp³-hybridized carbons (Fsp3) is 0.474. The highest BCUT2D eigenvalue weighted by Crippen LogP contribution is 2.24. The predicted octanol–water partition coefficient (Wildman–Crippen LogP) is 2.36. The number of benzene rings is 1. The van der Waals surface area contributed by atoms with Gasteiger partial charge >= 0.3 is 6.03 Å². The first-order valence-electron chi connectivity index (χ1n) is 8.71. The molecule has 1 aliphatic carbocycles. The number of urea groups is 1. The molecule has 0 heterocycles. The molecule has 0 aromatic heterocycles. The lowest BCUT2D eigenvalue weighted by molar-refractivity contribution is -0.125. The average molecular weight is 345 g/mol. The van der Waals surface area contributed by atoms with Crippen molar-refractivity contribution in [3.8, 4) is 5.75 Å². The van der Waals surface area contributed by atoms with E-state index in [2.05, 4.69) is 22.5 Å². The summed E-state index contributed by atoms with van der Waals surface area (Å²) in [4.78, 5) is 23.6. The molecule has 0 saturated heterocycles. The second-order valence-electron chi connectivity index (χ2n) is 6.23. The number of hydrogen-bond acceptors (Lipinski definition) is 3. The van der Waals surface area contributed by atoms with E-state index < -0.39 is 0 Å². The molecule has 0 aliphatic heterocycles. The normalized spacial score (nSPS) is 19.6. The first-order valence-corrected chi connectivity index (χ1v) is 8.71. The smallest absolute Gasteiger partial charge is 0.315 e. The number of rotatable bonds is 7. The van der Waals surface area contributed by atoms with E-state index in [4.69, 9.17) is 4.74 Å². The maximum atomic E-state index is 12.0. The van der Waals surface area contributed by atoms with Gasteiger partial charge in [-0.15, -0.1) is 0 Å². The minimum Gasteiger partial charge on any atom is -0.490 e. The van der Waals surface area contributed by atoms with Crippen molar-refractivity contribution < 1.29 is 14.3 Å². The van der Waals surface area contributed by atoms with Gasteiger partial charge in [-0.1, -0.05) is 24.8 Å². The monoisotopic (exact) mass is 345 g/mol. The fourth-order valence-corrected chi connectivity index (χ4v) is 2.98. The van der Waals surface area contributed by atoms with Crippen molar-refractivity contribution in [1.29, 1.82) is 0 Å². The molecule has 25 heavy (non-hydrogen) atoms. The van der Waals surface area contributed by atoms with Crippen LogP contribution in [-0.2, 0) is 11.3 Å². The molecule has 1 saturated carbocycles. The van der Waals surface area contributed by atoms with Crippen LogP contribution in [0.25, 0.3) is 0 Å². The summed E-state index contributed by atoms with van der Waals surface area (Å²) >= 11 is 0. The number of carbonyl (C=O) groups is 2. The maximum absolute atomic E-state index is 12.0. The van der Waals surface area contributed by atoms with Crippen LogP contribution in [0.4, 0.5) is 4.79 Å². The van der Waals surface area contributed by atoms with E-state index in [1.54, 1.807) is 13.1 Å². The first-order chi connectivity index (χ1) is 12.1. The van der Waals surface area contributed by atoms with E-state index in [9.17, 15) is 9.59 Å². The first kappa shape index (κ1) is 18.8. The zero-order chi connectivity index (χ0) is 18.1. The molecule has 2 rings (SSSR count). The van der Waals surface area contributed by atoms with Gasteiger partial charge in [0.1, 0.15) is 12.4 Å². The Balaban J connectivity index is 1.69. The van der Waals surface area contributed by atoms with Crippen LogP contribution in [0.15, 0.2) is 36.9 Å². The summed E-state index contributed by atoms with van der Waals surface area (Å²) in [6.45, 7) is 4.54. The minimum absolute atomic E-state index is 0.0768. The van der Waals surface area contributed by atoms with E-state index in [-0.39, 0.29) is 23.9 Å². The van der Waals surface area contributed by atoms with Crippen LogP contribution >= 0.6 is 0 Å². The van der Waals surface area contributed by atoms with E-state index in [0.717, 1.165) is 37.0 Å². The minimum atomic E-state index is -0.171. The van der Waals surface area contributed by atoms with Gasteiger partial charge in [0.25, 0.3) is 0 Å². The third-order valence-corrected chi connectivity index (χ3v) is 4.42. The zero-order valence-electron chi connectivity index (χ0n) is 14.7. The van der Waals surface area contributed by atoms with Gasteiger partial charge in [-0.25, -0.2) is 4.79 Å². The number of amides is 3. The molecule has 3 amide bonds. The van der Waals surface area contributed by atoms with E-state index in [1.807, 2.05) is 24.3 Å². The van der Waals surface area contributed by atoms with Gasteiger partial charge in [0.2, 0.25) is 5.91 Å². The summed E-state index contributed by atoms with van der Waals surface area (Å²) in [5.74, 6) is 0.956. The molecule has 6 nitrogen and oxygen atoms in total. The second kappa shape index (κ2) is 9.71. The molecule has 1 aliphatic rings. The molecule has 0 spiro atoms. The topological polar surface area (TPSA) is 79.5 Å². The molecule has 6 heteroatoms. The van der Waals surface area contributed by atoms with Crippen LogP contribution in [0.5, 0.6) is 5.75 Å². The van der Waals surface area contributed by atoms with Gasteiger partial charge in [-0.05, 0) is 43.4 Å². The van der Waals surface area contributed by atoms with Gasteiger partial charge in [-0.3, -0.25) is 4.79 Å². The molecule has 1 fully saturated rings. The fourth-order valence-electron chi connectivity index (χ4n) is 2.98. The predicted molar refractivity (Wildman–Crippen MR) is 97.3 cm³/mol. The average Bonchev–Trinajstić information content (AvgIpc) is 2.65. The highest BCUT2D eigenvalue weighted by atomic mass is 16.5. The highest BCUT2D eigenvalue weighted by molar-refractivity contribution is 5.78. The van der Waals surface area contributed by atoms with Crippen molar-refractivity contribution in [3.63, 3.8) is 0 Å². The third kappa shape index (κ3) is 6.14. The molecular weight excluding hydrogens is 318 g/mol. The van der Waals surface area contributed by atoms with Gasteiger partial charge in [0.05, 0.1) is 0 Å². The Morgan fingerprint density at radius 1 is 1.20 bits per heavy atom. The largest absolute Gasteiger partial charge is 0.490 e. The zero-order valence-corrected chi connectivity index (χ0v) is 14.7. The van der Waals surface area contributed by atoms with Crippen LogP contribution in [0, 0.1) is 5.92 Å². The molecule has 0 radical (unpaired) electrons. The second-order valence-corrected chi connectivity index (χ2v) is 6.23. The number of nitrogens with one attached hydrogen (secondary N) is 3. The highest BCUT2D eigenvalue weighted by Gasteiger charge is 2.26. The quantitative estimate of drug-likeness (QED) is 0.664. The molecule has 0 atom stereocenters. The van der Waals surface area contributed by atoms with Crippen molar-refractivity contribution in [1.82, 2.24) is 16.0 Å². The summed E-state index contributed by atoms with van der Waals surface area (Å²) in [7, 11) is 1.66. The van der Waals surface area contributed by atoms with Crippen molar-refractivity contribution >= 4 is 11.9 Å². The summed E-state index contributed by atoms with van der Waals surface area (Å²) in [6.07, 6.45) is 5.00. The SMILES string of the molecule is C=CCOc1ccc(CNC(=O)NC2CCC(C(=O)NC)CC2)cc1. The summed E-state index contributed by atoms with van der Waals surface area (Å²) in [5.41, 5.74) is 1.00. The molecule has 0 unspecified atom stereocenters. The van der Waals surface area contributed by atoms with Gasteiger partial charge in [-0.2, -0.15) is 0 Å². The third-order valence-electron chi connectivity index (χ3n) is 4.42. The van der Waals surface area contributed by atoms with Crippen molar-refractivity contribution in [2.24, 2.45) is 5.92 Å². The lowest BCUT2D eigenvalue weighted by Gasteiger charge is -2.28. The van der Waals surface area contributed by atoms with Gasteiger partial charge in [0.15, 0.2) is 0 Å². The van der Waals surface area contributed by atoms with Crippen molar-refractivity contribution in [2.75, 3.05) is 13.7 Å². The van der Waals surface area contributed by atoms with Crippen LogP contribution in [0.3, 0.4) is 0 Å². The summed E-state index contributed by atoms with van der Waals surface area (Å²) < 4.78 is 5.42. The molecule has 136 valence electrons. The van der Waals surface area contributed by atoms with E-state index in [1.165, 1.54) is 0 Å². The van der Waals surface area contributed by atoms with Crippen molar-refractivity contribution in [2.45, 2.75) is 38.3 Å². The van der Waals surface area contributed by atoms with Crippen LogP contribution in [-0.4, -0.2) is 31.6 Å². The lowest BCUT2D eigenvalue weighted by Crippen LogP contribution is -2.44. The molecule has 3 N–H and O–H groups in total. The Morgan fingerprint density at radius 3 is 2.48 bits per heavy atom. The van der Waals surface area contributed by atoms with E-state index in [0.29, 0.717) is 13.2 Å². The standard InChI is InChI=1S/C19H27N3O3/c1-3-12-25-17-10-4-14(5-11-17)13-21-19(24)22-16-8-6-15(7-9-16)18(23)20-2/h3-5,10-11,15-16H,1,6-9,12-13H2,2H3,(H,20,23)(H2,21,22,24). The van der Waals surface area contributed by atoms with Crippen LogP contribution < -0.4 is 20.7 Å². The molecule has 1 aromatic carbocycles. The Labute approximate surface area is 149 Å². The number of ether oxygens (including phenoxy) is 1. The Morgan fingerprint density at radius 2 is 1.88 bits per heavy atom. The number of carbonyl (C=O) groups excluding carboxylic acids is 2. The molecular formula is C19H27N3O3. The van der Waals surface area contributed by atoms with Crippen LogP contribution in [0.1, 0.15) is 31.2 Å². The van der Waals surface area contributed by atoms with Gasteiger partial charge in [0, 0.05) is 25.6 Å².